The first kappa shape index (κ1) is 10.7. The Morgan fingerprint density at radius 2 is 2.38 bits per heavy atom. The van der Waals surface area contributed by atoms with Gasteiger partial charge in [-0.15, -0.1) is 0 Å². The van der Waals surface area contributed by atoms with Gasteiger partial charge in [0.1, 0.15) is 0 Å². The molecule has 76 valence electrons. The molecule has 2 heteroatoms. The molecular formula is C11H21NO. The molecule has 0 aromatic carbocycles. The van der Waals surface area contributed by atoms with Crippen LogP contribution >= 0.6 is 0 Å². The Hall–Kier alpha value is -0.340. The summed E-state index contributed by atoms with van der Waals surface area (Å²) in [5.41, 5.74) is 7.49. The van der Waals surface area contributed by atoms with Crippen LogP contribution < -0.4 is 5.73 Å². The molecule has 0 fully saturated rings. The van der Waals surface area contributed by atoms with Crippen LogP contribution in [0.1, 0.15) is 39.0 Å². The van der Waals surface area contributed by atoms with E-state index in [0.29, 0.717) is 0 Å². The molecule has 2 nitrogen and oxygen atoms in total. The molecule has 0 saturated heterocycles. The van der Waals surface area contributed by atoms with E-state index in [1.165, 1.54) is 31.3 Å². The lowest BCUT2D eigenvalue weighted by molar-refractivity contribution is 0.142. The maximum atomic E-state index is 6.04. The van der Waals surface area contributed by atoms with Crippen LogP contribution in [0.4, 0.5) is 0 Å². The largest absolute Gasteiger partial charge is 0.382 e. The highest BCUT2D eigenvalue weighted by atomic mass is 16.5. The Kier molecular flexibility index (Phi) is 5.09. The van der Waals surface area contributed by atoms with Crippen LogP contribution in [0.25, 0.3) is 0 Å². The zero-order valence-electron chi connectivity index (χ0n) is 8.59. The zero-order valence-corrected chi connectivity index (χ0v) is 8.59. The van der Waals surface area contributed by atoms with E-state index in [1.807, 2.05) is 6.92 Å². The average molecular weight is 183 g/mol. The molecule has 2 N–H and O–H groups in total. The SMILES string of the molecule is CCOCCC(N)C1=CCCCC1. The molecule has 1 aliphatic carbocycles. The van der Waals surface area contributed by atoms with E-state index in [-0.39, 0.29) is 6.04 Å². The van der Waals surface area contributed by atoms with Crippen molar-refractivity contribution in [2.45, 2.75) is 45.1 Å². The third-order valence-electron chi connectivity index (χ3n) is 2.58. The molecule has 0 radical (unpaired) electrons. The van der Waals surface area contributed by atoms with Crippen LogP contribution in [-0.4, -0.2) is 19.3 Å². The molecule has 0 heterocycles. The van der Waals surface area contributed by atoms with Gasteiger partial charge in [-0.1, -0.05) is 11.6 Å². The van der Waals surface area contributed by atoms with Crippen molar-refractivity contribution in [2.24, 2.45) is 5.73 Å². The van der Waals surface area contributed by atoms with Crippen LogP contribution in [0.2, 0.25) is 0 Å². The second-order valence-electron chi connectivity index (χ2n) is 3.62. The monoisotopic (exact) mass is 183 g/mol. The summed E-state index contributed by atoms with van der Waals surface area (Å²) >= 11 is 0. The Bertz CT molecular complexity index is 165. The average Bonchev–Trinajstić information content (AvgIpc) is 2.19. The molecule has 1 unspecified atom stereocenters. The van der Waals surface area contributed by atoms with E-state index in [1.54, 1.807) is 0 Å². The molecule has 0 aromatic rings. The molecule has 0 saturated carbocycles. The first-order valence-electron chi connectivity index (χ1n) is 5.37. The van der Waals surface area contributed by atoms with E-state index < -0.39 is 0 Å². The highest BCUT2D eigenvalue weighted by Crippen LogP contribution is 2.20. The number of hydrogen-bond donors (Lipinski definition) is 1. The van der Waals surface area contributed by atoms with Gasteiger partial charge in [0.2, 0.25) is 0 Å². The summed E-state index contributed by atoms with van der Waals surface area (Å²) in [6.45, 7) is 3.62. The Morgan fingerprint density at radius 1 is 1.54 bits per heavy atom. The normalized spacial score (nSPS) is 19.7. The van der Waals surface area contributed by atoms with Gasteiger partial charge in [-0.25, -0.2) is 0 Å². The van der Waals surface area contributed by atoms with E-state index in [0.717, 1.165) is 19.6 Å². The first-order chi connectivity index (χ1) is 6.34. The minimum absolute atomic E-state index is 0.242. The lowest BCUT2D eigenvalue weighted by Crippen LogP contribution is -2.25. The van der Waals surface area contributed by atoms with Gasteiger partial charge in [0.05, 0.1) is 0 Å². The Labute approximate surface area is 81.1 Å². The smallest absolute Gasteiger partial charge is 0.0483 e. The maximum Gasteiger partial charge on any atom is 0.0483 e. The van der Waals surface area contributed by atoms with Gasteiger partial charge in [0, 0.05) is 19.3 Å². The Balaban J connectivity index is 2.21. The summed E-state index contributed by atoms with van der Waals surface area (Å²) in [4.78, 5) is 0. The van der Waals surface area contributed by atoms with Gasteiger partial charge in [-0.3, -0.25) is 0 Å². The number of hydrogen-bond acceptors (Lipinski definition) is 2. The molecule has 1 rings (SSSR count). The number of rotatable bonds is 5. The van der Waals surface area contributed by atoms with Crippen LogP contribution in [0, 0.1) is 0 Å². The van der Waals surface area contributed by atoms with Gasteiger partial charge in [-0.2, -0.15) is 0 Å². The van der Waals surface area contributed by atoms with Gasteiger partial charge < -0.3 is 10.5 Å². The quantitative estimate of drug-likeness (QED) is 0.524. The Morgan fingerprint density at radius 3 is 3.00 bits per heavy atom. The minimum Gasteiger partial charge on any atom is -0.382 e. The number of ether oxygens (including phenoxy) is 1. The van der Waals surface area contributed by atoms with Crippen molar-refractivity contribution in [1.29, 1.82) is 0 Å². The van der Waals surface area contributed by atoms with E-state index >= 15 is 0 Å². The molecule has 0 aromatic heterocycles. The molecule has 1 atom stereocenters. The van der Waals surface area contributed by atoms with E-state index in [4.69, 9.17) is 10.5 Å². The van der Waals surface area contributed by atoms with Gasteiger partial charge >= 0.3 is 0 Å². The summed E-state index contributed by atoms with van der Waals surface area (Å²) in [6.07, 6.45) is 8.36. The molecule has 1 aliphatic rings. The van der Waals surface area contributed by atoms with E-state index in [9.17, 15) is 0 Å². The van der Waals surface area contributed by atoms with Gasteiger partial charge in [-0.05, 0) is 39.0 Å². The number of allylic oxidation sites excluding steroid dienone is 1. The third-order valence-corrected chi connectivity index (χ3v) is 2.58. The summed E-state index contributed by atoms with van der Waals surface area (Å²) in [7, 11) is 0. The topological polar surface area (TPSA) is 35.2 Å². The zero-order chi connectivity index (χ0) is 9.52. The summed E-state index contributed by atoms with van der Waals surface area (Å²) in [6, 6.07) is 0.242. The molecular weight excluding hydrogens is 162 g/mol. The second kappa shape index (κ2) is 6.17. The lowest BCUT2D eigenvalue weighted by Gasteiger charge is -2.19. The second-order valence-corrected chi connectivity index (χ2v) is 3.62. The third kappa shape index (κ3) is 3.92. The van der Waals surface area contributed by atoms with Crippen molar-refractivity contribution in [1.82, 2.24) is 0 Å². The lowest BCUT2D eigenvalue weighted by atomic mass is 9.93. The maximum absolute atomic E-state index is 6.04. The number of nitrogens with two attached hydrogens (primary N) is 1. The summed E-state index contributed by atoms with van der Waals surface area (Å²) < 4.78 is 5.29. The fraction of sp³-hybridized carbons (Fsp3) is 0.818. The van der Waals surface area contributed by atoms with Crippen LogP contribution in [0.15, 0.2) is 11.6 Å². The molecule has 0 spiro atoms. The molecule has 0 amide bonds. The van der Waals surface area contributed by atoms with Gasteiger partial charge in [0.25, 0.3) is 0 Å². The van der Waals surface area contributed by atoms with Crippen molar-refractivity contribution in [2.75, 3.05) is 13.2 Å². The van der Waals surface area contributed by atoms with Crippen LogP contribution in [-0.2, 0) is 4.74 Å². The minimum atomic E-state index is 0.242. The fourth-order valence-electron chi connectivity index (χ4n) is 1.74. The highest BCUT2D eigenvalue weighted by molar-refractivity contribution is 5.12. The summed E-state index contributed by atoms with van der Waals surface area (Å²) in [5, 5.41) is 0. The standard InChI is InChI=1S/C11H21NO/c1-2-13-9-8-11(12)10-6-4-3-5-7-10/h6,11H,2-5,7-9,12H2,1H3. The molecule has 0 bridgehead atoms. The van der Waals surface area contributed by atoms with Crippen LogP contribution in [0.3, 0.4) is 0 Å². The van der Waals surface area contributed by atoms with Crippen molar-refractivity contribution < 1.29 is 4.74 Å². The predicted molar refractivity (Wildman–Crippen MR) is 55.6 cm³/mol. The van der Waals surface area contributed by atoms with E-state index in [2.05, 4.69) is 6.08 Å². The van der Waals surface area contributed by atoms with Gasteiger partial charge in [0.15, 0.2) is 0 Å². The van der Waals surface area contributed by atoms with Crippen molar-refractivity contribution in [3.05, 3.63) is 11.6 Å². The van der Waals surface area contributed by atoms with Crippen molar-refractivity contribution >= 4 is 0 Å². The van der Waals surface area contributed by atoms with Crippen LogP contribution in [0.5, 0.6) is 0 Å². The fourth-order valence-corrected chi connectivity index (χ4v) is 1.74. The molecule has 0 aliphatic heterocycles. The molecule has 13 heavy (non-hydrogen) atoms. The highest BCUT2D eigenvalue weighted by Gasteiger charge is 2.11. The predicted octanol–water partition coefficient (Wildman–Crippen LogP) is 2.24. The van der Waals surface area contributed by atoms with Crippen molar-refractivity contribution in [3.63, 3.8) is 0 Å². The first-order valence-corrected chi connectivity index (χ1v) is 5.37. The van der Waals surface area contributed by atoms with Crippen molar-refractivity contribution in [3.8, 4) is 0 Å². The summed E-state index contributed by atoms with van der Waals surface area (Å²) in [5.74, 6) is 0.